The number of aromatic nitrogens is 2. The van der Waals surface area contributed by atoms with Crippen molar-refractivity contribution >= 4 is 17.0 Å². The summed E-state index contributed by atoms with van der Waals surface area (Å²) < 4.78 is 0. The van der Waals surface area contributed by atoms with Crippen molar-refractivity contribution in [1.29, 1.82) is 0 Å². The summed E-state index contributed by atoms with van der Waals surface area (Å²) >= 11 is 0. The lowest BCUT2D eigenvalue weighted by Crippen LogP contribution is -2.14. The van der Waals surface area contributed by atoms with Crippen LogP contribution >= 0.6 is 0 Å². The minimum absolute atomic E-state index is 0.200. The van der Waals surface area contributed by atoms with Gasteiger partial charge >= 0.3 is 11.7 Å². The largest absolute Gasteiger partial charge is 0.481 e. The summed E-state index contributed by atoms with van der Waals surface area (Å²) in [6.45, 7) is 1.49. The van der Waals surface area contributed by atoms with Crippen molar-refractivity contribution in [2.45, 2.75) is 25.8 Å². The first-order chi connectivity index (χ1) is 9.15. The molecule has 2 rings (SSSR count). The van der Waals surface area contributed by atoms with Crippen molar-refractivity contribution in [1.82, 2.24) is 15.3 Å². The first kappa shape index (κ1) is 13.4. The smallest absolute Gasteiger partial charge is 0.323 e. The van der Waals surface area contributed by atoms with Crippen LogP contribution in [0, 0.1) is 0 Å². The SMILES string of the molecule is O=C(O)CCCCNCc1ccc2[nH]c(=O)[nH]c2c1. The number of aromatic amines is 2. The minimum Gasteiger partial charge on any atom is -0.481 e. The molecule has 1 aromatic heterocycles. The number of aliphatic carboxylic acids is 1. The third-order valence-electron chi connectivity index (χ3n) is 2.90. The molecule has 0 aliphatic rings. The van der Waals surface area contributed by atoms with Crippen LogP contribution < -0.4 is 11.0 Å². The molecule has 0 amide bonds. The lowest BCUT2D eigenvalue weighted by molar-refractivity contribution is -0.137. The topological polar surface area (TPSA) is 98.0 Å². The van der Waals surface area contributed by atoms with Gasteiger partial charge < -0.3 is 20.4 Å². The molecule has 6 nitrogen and oxygen atoms in total. The molecular formula is C13H17N3O3. The van der Waals surface area contributed by atoms with Crippen molar-refractivity contribution in [2.75, 3.05) is 6.54 Å². The third kappa shape index (κ3) is 3.96. The number of carboxylic acids is 1. The second-order valence-electron chi connectivity index (χ2n) is 4.49. The van der Waals surface area contributed by atoms with Gasteiger partial charge in [0.25, 0.3) is 0 Å². The average molecular weight is 263 g/mol. The average Bonchev–Trinajstić information content (AvgIpc) is 2.72. The van der Waals surface area contributed by atoms with E-state index >= 15 is 0 Å². The number of imidazole rings is 1. The molecule has 6 heteroatoms. The molecule has 0 fully saturated rings. The highest BCUT2D eigenvalue weighted by Crippen LogP contribution is 2.09. The van der Waals surface area contributed by atoms with E-state index in [4.69, 9.17) is 5.11 Å². The maximum atomic E-state index is 11.1. The fourth-order valence-corrected chi connectivity index (χ4v) is 1.95. The van der Waals surface area contributed by atoms with Crippen LogP contribution in [0.25, 0.3) is 11.0 Å². The van der Waals surface area contributed by atoms with E-state index in [0.717, 1.165) is 29.6 Å². The van der Waals surface area contributed by atoms with Gasteiger partial charge in [-0.15, -0.1) is 0 Å². The molecule has 0 aliphatic heterocycles. The van der Waals surface area contributed by atoms with Crippen LogP contribution in [0.3, 0.4) is 0 Å². The Hall–Kier alpha value is -2.08. The Morgan fingerprint density at radius 1 is 1.21 bits per heavy atom. The van der Waals surface area contributed by atoms with E-state index in [1.807, 2.05) is 18.2 Å². The van der Waals surface area contributed by atoms with E-state index in [1.165, 1.54) is 0 Å². The van der Waals surface area contributed by atoms with E-state index in [2.05, 4.69) is 15.3 Å². The lowest BCUT2D eigenvalue weighted by atomic mass is 10.2. The molecule has 19 heavy (non-hydrogen) atoms. The zero-order valence-corrected chi connectivity index (χ0v) is 10.5. The van der Waals surface area contributed by atoms with E-state index in [1.54, 1.807) is 0 Å². The van der Waals surface area contributed by atoms with E-state index in [9.17, 15) is 9.59 Å². The van der Waals surface area contributed by atoms with Gasteiger partial charge in [-0.2, -0.15) is 0 Å². The maximum Gasteiger partial charge on any atom is 0.323 e. The molecule has 2 aromatic rings. The predicted molar refractivity (Wildman–Crippen MR) is 72.1 cm³/mol. The van der Waals surface area contributed by atoms with Gasteiger partial charge in [0.05, 0.1) is 11.0 Å². The Morgan fingerprint density at radius 3 is 2.79 bits per heavy atom. The van der Waals surface area contributed by atoms with Gasteiger partial charge in [0.2, 0.25) is 0 Å². The first-order valence-corrected chi connectivity index (χ1v) is 6.28. The Kier molecular flexibility index (Phi) is 4.35. The number of benzene rings is 1. The number of unbranched alkanes of at least 4 members (excludes halogenated alkanes) is 1. The van der Waals surface area contributed by atoms with Crippen molar-refractivity contribution in [2.24, 2.45) is 0 Å². The first-order valence-electron chi connectivity index (χ1n) is 6.28. The van der Waals surface area contributed by atoms with Gasteiger partial charge in [0.1, 0.15) is 0 Å². The summed E-state index contributed by atoms with van der Waals surface area (Å²) in [5.74, 6) is -0.748. The Morgan fingerprint density at radius 2 is 2.00 bits per heavy atom. The van der Waals surface area contributed by atoms with Gasteiger partial charge in [-0.3, -0.25) is 4.79 Å². The lowest BCUT2D eigenvalue weighted by Gasteiger charge is -2.04. The molecule has 0 saturated heterocycles. The van der Waals surface area contributed by atoms with Crippen LogP contribution in [0.4, 0.5) is 0 Å². The highest BCUT2D eigenvalue weighted by Gasteiger charge is 2.00. The molecule has 0 saturated carbocycles. The summed E-state index contributed by atoms with van der Waals surface area (Å²) in [5, 5.41) is 11.7. The monoisotopic (exact) mass is 263 g/mol. The number of hydrogen-bond donors (Lipinski definition) is 4. The molecule has 1 aromatic carbocycles. The molecule has 0 unspecified atom stereocenters. The van der Waals surface area contributed by atoms with Crippen LogP contribution in [-0.4, -0.2) is 27.6 Å². The fourth-order valence-electron chi connectivity index (χ4n) is 1.95. The maximum absolute atomic E-state index is 11.1. The van der Waals surface area contributed by atoms with Gasteiger partial charge in [-0.1, -0.05) is 6.07 Å². The predicted octanol–water partition coefficient (Wildman–Crippen LogP) is 1.20. The van der Waals surface area contributed by atoms with Crippen LogP contribution in [0.5, 0.6) is 0 Å². The summed E-state index contributed by atoms with van der Waals surface area (Å²) in [4.78, 5) is 26.9. The van der Waals surface area contributed by atoms with Crippen LogP contribution in [-0.2, 0) is 11.3 Å². The summed E-state index contributed by atoms with van der Waals surface area (Å²) in [6.07, 6.45) is 1.75. The van der Waals surface area contributed by atoms with Crippen molar-refractivity contribution < 1.29 is 9.90 Å². The molecule has 0 aliphatic carbocycles. The second kappa shape index (κ2) is 6.19. The molecule has 1 heterocycles. The zero-order valence-electron chi connectivity index (χ0n) is 10.5. The number of fused-ring (bicyclic) bond motifs is 1. The Bertz CT molecular complexity index is 615. The van der Waals surface area contributed by atoms with E-state index in [0.29, 0.717) is 13.0 Å². The summed E-state index contributed by atoms with van der Waals surface area (Å²) in [5.41, 5.74) is 2.49. The van der Waals surface area contributed by atoms with Gasteiger partial charge in [-0.25, -0.2) is 4.79 Å². The number of carbonyl (C=O) groups is 1. The van der Waals surface area contributed by atoms with Gasteiger partial charge in [0.15, 0.2) is 0 Å². The molecule has 0 bridgehead atoms. The number of H-pyrrole nitrogens is 2. The number of nitrogens with one attached hydrogen (secondary N) is 3. The summed E-state index contributed by atoms with van der Waals surface area (Å²) in [6, 6.07) is 5.75. The highest BCUT2D eigenvalue weighted by atomic mass is 16.4. The molecule has 0 radical (unpaired) electrons. The summed E-state index contributed by atoms with van der Waals surface area (Å²) in [7, 11) is 0. The zero-order chi connectivity index (χ0) is 13.7. The number of hydrogen-bond acceptors (Lipinski definition) is 3. The van der Waals surface area contributed by atoms with Crippen LogP contribution in [0.15, 0.2) is 23.0 Å². The quantitative estimate of drug-likeness (QED) is 0.564. The second-order valence-corrected chi connectivity index (χ2v) is 4.49. The fraction of sp³-hybridized carbons (Fsp3) is 0.385. The van der Waals surface area contributed by atoms with Crippen molar-refractivity contribution in [3.63, 3.8) is 0 Å². The number of rotatable bonds is 7. The standard InChI is InChI=1S/C13H17N3O3/c17-12(18)3-1-2-6-14-8-9-4-5-10-11(7-9)16-13(19)15-10/h4-5,7,14H,1-3,6,8H2,(H,17,18)(H2,15,16,19). The molecule has 0 atom stereocenters. The third-order valence-corrected chi connectivity index (χ3v) is 2.90. The molecule has 0 spiro atoms. The van der Waals surface area contributed by atoms with E-state index < -0.39 is 5.97 Å². The highest BCUT2D eigenvalue weighted by molar-refractivity contribution is 5.74. The van der Waals surface area contributed by atoms with Crippen LogP contribution in [0.1, 0.15) is 24.8 Å². The molecule has 4 N–H and O–H groups in total. The normalized spacial score (nSPS) is 10.9. The van der Waals surface area contributed by atoms with Gasteiger partial charge in [0, 0.05) is 13.0 Å². The van der Waals surface area contributed by atoms with Crippen molar-refractivity contribution in [3.8, 4) is 0 Å². The minimum atomic E-state index is -0.748. The molecule has 102 valence electrons. The number of carboxylic acid groups (broad SMARTS) is 1. The Balaban J connectivity index is 1.78. The van der Waals surface area contributed by atoms with E-state index in [-0.39, 0.29) is 12.1 Å². The van der Waals surface area contributed by atoms with Gasteiger partial charge in [-0.05, 0) is 37.1 Å². The Labute approximate surface area is 109 Å². The molecular weight excluding hydrogens is 246 g/mol. The van der Waals surface area contributed by atoms with Crippen molar-refractivity contribution in [3.05, 3.63) is 34.2 Å². The van der Waals surface area contributed by atoms with Crippen LogP contribution in [0.2, 0.25) is 0 Å².